The van der Waals surface area contributed by atoms with Crippen molar-refractivity contribution in [2.24, 2.45) is 0 Å². The van der Waals surface area contributed by atoms with Crippen LogP contribution in [0.4, 0.5) is 0 Å². The average Bonchev–Trinajstić information content (AvgIpc) is 3.45. The maximum atomic E-state index is 6.30. The van der Waals surface area contributed by atoms with E-state index in [1.54, 1.807) is 0 Å². The minimum absolute atomic E-state index is 0.641. The summed E-state index contributed by atoms with van der Waals surface area (Å²) in [7, 11) is 0. The van der Waals surface area contributed by atoms with E-state index < -0.39 is 0 Å². The topological polar surface area (TPSA) is 51.8 Å². The van der Waals surface area contributed by atoms with E-state index >= 15 is 0 Å². The molecule has 6 aromatic carbocycles. The zero-order valence-electron chi connectivity index (χ0n) is 22.0. The van der Waals surface area contributed by atoms with Gasteiger partial charge >= 0.3 is 0 Å². The standard InChI is InChI=1S/C37H23N3O/c1-3-11-26(12-4-1)35-38-36(27-13-5-2-6-14-27)40-37(39-35)28-20-18-25(19-21-28)30-16-9-17-31-33(30)34-29-15-8-7-10-24(29)22-23-32(34)41-31/h1-23H. The molecule has 0 saturated carbocycles. The van der Waals surface area contributed by atoms with Gasteiger partial charge in [0, 0.05) is 27.5 Å². The first-order chi connectivity index (χ1) is 20.3. The van der Waals surface area contributed by atoms with Gasteiger partial charge in [0.15, 0.2) is 17.5 Å². The second kappa shape index (κ2) is 9.54. The fourth-order valence-electron chi connectivity index (χ4n) is 5.56. The second-order valence-electron chi connectivity index (χ2n) is 10.1. The lowest BCUT2D eigenvalue weighted by molar-refractivity contribution is 0.669. The van der Waals surface area contributed by atoms with E-state index in [1.807, 2.05) is 66.7 Å². The highest BCUT2D eigenvalue weighted by Crippen LogP contribution is 2.40. The molecule has 192 valence electrons. The fraction of sp³-hybridized carbons (Fsp3) is 0. The van der Waals surface area contributed by atoms with Gasteiger partial charge in [-0.15, -0.1) is 0 Å². The number of nitrogens with zero attached hydrogens (tertiary/aromatic N) is 3. The van der Waals surface area contributed by atoms with Crippen LogP contribution >= 0.6 is 0 Å². The molecule has 0 fully saturated rings. The molecular formula is C37H23N3O. The summed E-state index contributed by atoms with van der Waals surface area (Å²) in [4.78, 5) is 14.6. The molecule has 0 aliphatic heterocycles. The van der Waals surface area contributed by atoms with Crippen LogP contribution in [0, 0.1) is 0 Å². The summed E-state index contributed by atoms with van der Waals surface area (Å²) in [6.45, 7) is 0. The summed E-state index contributed by atoms with van der Waals surface area (Å²) in [6, 6.07) is 47.5. The van der Waals surface area contributed by atoms with Crippen molar-refractivity contribution >= 4 is 32.7 Å². The van der Waals surface area contributed by atoms with Gasteiger partial charge in [0.2, 0.25) is 0 Å². The van der Waals surface area contributed by atoms with Crippen LogP contribution in [0.1, 0.15) is 0 Å². The number of fused-ring (bicyclic) bond motifs is 5. The Kier molecular flexibility index (Phi) is 5.42. The van der Waals surface area contributed by atoms with Crippen molar-refractivity contribution in [1.82, 2.24) is 15.0 Å². The molecule has 41 heavy (non-hydrogen) atoms. The molecule has 0 N–H and O–H groups in total. The largest absolute Gasteiger partial charge is 0.456 e. The van der Waals surface area contributed by atoms with Crippen LogP contribution in [0.5, 0.6) is 0 Å². The highest BCUT2D eigenvalue weighted by atomic mass is 16.3. The van der Waals surface area contributed by atoms with Gasteiger partial charge in [0.25, 0.3) is 0 Å². The Balaban J connectivity index is 1.27. The highest BCUT2D eigenvalue weighted by molar-refractivity contribution is 6.22. The SMILES string of the molecule is c1ccc(-c2nc(-c3ccccc3)nc(-c3ccc(-c4cccc5oc6ccc7ccccc7c6c45)cc3)n2)cc1. The number of aromatic nitrogens is 3. The van der Waals surface area contributed by atoms with Crippen LogP contribution in [0.2, 0.25) is 0 Å². The number of hydrogen-bond acceptors (Lipinski definition) is 4. The summed E-state index contributed by atoms with van der Waals surface area (Å²) < 4.78 is 6.30. The molecule has 0 bridgehead atoms. The van der Waals surface area contributed by atoms with Crippen LogP contribution in [0.3, 0.4) is 0 Å². The van der Waals surface area contributed by atoms with Gasteiger partial charge in [0.05, 0.1) is 0 Å². The van der Waals surface area contributed by atoms with E-state index in [2.05, 4.69) is 72.8 Å². The Bertz CT molecular complexity index is 2130. The Labute approximate surface area is 236 Å². The molecule has 0 saturated heterocycles. The number of hydrogen-bond donors (Lipinski definition) is 0. The maximum absolute atomic E-state index is 6.30. The third-order valence-electron chi connectivity index (χ3n) is 7.54. The van der Waals surface area contributed by atoms with Gasteiger partial charge in [-0.1, -0.05) is 127 Å². The van der Waals surface area contributed by atoms with Crippen molar-refractivity contribution in [3.05, 3.63) is 140 Å². The Morgan fingerprint density at radius 2 is 0.902 bits per heavy atom. The van der Waals surface area contributed by atoms with Gasteiger partial charge < -0.3 is 4.42 Å². The van der Waals surface area contributed by atoms with Crippen molar-refractivity contribution in [2.75, 3.05) is 0 Å². The van der Waals surface area contributed by atoms with Crippen LogP contribution in [0.25, 0.3) is 78.0 Å². The van der Waals surface area contributed by atoms with Crippen molar-refractivity contribution in [2.45, 2.75) is 0 Å². The number of benzene rings is 6. The van der Waals surface area contributed by atoms with Gasteiger partial charge in [-0.2, -0.15) is 0 Å². The third-order valence-corrected chi connectivity index (χ3v) is 7.54. The van der Waals surface area contributed by atoms with Crippen molar-refractivity contribution < 1.29 is 4.42 Å². The Morgan fingerprint density at radius 1 is 0.366 bits per heavy atom. The molecule has 0 radical (unpaired) electrons. The minimum Gasteiger partial charge on any atom is -0.456 e. The summed E-state index contributed by atoms with van der Waals surface area (Å²) in [6.07, 6.45) is 0. The molecule has 4 nitrogen and oxygen atoms in total. The average molecular weight is 526 g/mol. The lowest BCUT2D eigenvalue weighted by Crippen LogP contribution is -2.00. The summed E-state index contributed by atoms with van der Waals surface area (Å²) in [5, 5.41) is 4.67. The van der Waals surface area contributed by atoms with Crippen LogP contribution in [0.15, 0.2) is 144 Å². The molecule has 0 aliphatic carbocycles. The third kappa shape index (κ3) is 4.05. The molecule has 8 rings (SSSR count). The van der Waals surface area contributed by atoms with E-state index in [1.165, 1.54) is 10.8 Å². The van der Waals surface area contributed by atoms with Crippen LogP contribution in [-0.2, 0) is 0 Å². The summed E-state index contributed by atoms with van der Waals surface area (Å²) in [5.74, 6) is 1.95. The van der Waals surface area contributed by atoms with E-state index in [9.17, 15) is 0 Å². The monoisotopic (exact) mass is 525 g/mol. The van der Waals surface area contributed by atoms with Gasteiger partial charge in [-0.25, -0.2) is 15.0 Å². The van der Waals surface area contributed by atoms with Crippen LogP contribution in [-0.4, -0.2) is 15.0 Å². The van der Waals surface area contributed by atoms with E-state index in [0.717, 1.165) is 49.8 Å². The van der Waals surface area contributed by atoms with Gasteiger partial charge in [0.1, 0.15) is 11.2 Å². The lowest BCUT2D eigenvalue weighted by atomic mass is 9.96. The van der Waals surface area contributed by atoms with E-state index in [4.69, 9.17) is 19.4 Å². The minimum atomic E-state index is 0.641. The highest BCUT2D eigenvalue weighted by Gasteiger charge is 2.16. The molecule has 4 heteroatoms. The summed E-state index contributed by atoms with van der Waals surface area (Å²) in [5.41, 5.74) is 6.86. The zero-order chi connectivity index (χ0) is 27.2. The molecule has 8 aromatic rings. The predicted octanol–water partition coefficient (Wildman–Crippen LogP) is 9.59. The Hall–Kier alpha value is -5.61. The van der Waals surface area contributed by atoms with Gasteiger partial charge in [-0.3, -0.25) is 0 Å². The maximum Gasteiger partial charge on any atom is 0.164 e. The molecule has 0 spiro atoms. The second-order valence-corrected chi connectivity index (χ2v) is 10.1. The normalized spacial score (nSPS) is 11.4. The predicted molar refractivity (Wildman–Crippen MR) is 166 cm³/mol. The molecule has 0 amide bonds. The van der Waals surface area contributed by atoms with Crippen molar-refractivity contribution in [3.63, 3.8) is 0 Å². The lowest BCUT2D eigenvalue weighted by Gasteiger charge is -2.09. The zero-order valence-corrected chi connectivity index (χ0v) is 22.0. The summed E-state index contributed by atoms with van der Waals surface area (Å²) >= 11 is 0. The van der Waals surface area contributed by atoms with Gasteiger partial charge in [-0.05, 0) is 34.0 Å². The molecule has 2 heterocycles. The first-order valence-corrected chi connectivity index (χ1v) is 13.6. The Morgan fingerprint density at radius 3 is 1.56 bits per heavy atom. The number of rotatable bonds is 4. The quantitative estimate of drug-likeness (QED) is 0.230. The van der Waals surface area contributed by atoms with Crippen molar-refractivity contribution in [1.29, 1.82) is 0 Å². The fourth-order valence-corrected chi connectivity index (χ4v) is 5.56. The van der Waals surface area contributed by atoms with Crippen LogP contribution < -0.4 is 0 Å². The first-order valence-electron chi connectivity index (χ1n) is 13.6. The number of furan rings is 1. The molecule has 0 atom stereocenters. The first kappa shape index (κ1) is 23.3. The van der Waals surface area contributed by atoms with E-state index in [-0.39, 0.29) is 0 Å². The molecular weight excluding hydrogens is 502 g/mol. The molecule has 2 aromatic heterocycles. The molecule has 0 unspecified atom stereocenters. The van der Waals surface area contributed by atoms with E-state index in [0.29, 0.717) is 17.5 Å². The molecule has 0 aliphatic rings. The smallest absolute Gasteiger partial charge is 0.164 e. The van der Waals surface area contributed by atoms with Crippen molar-refractivity contribution in [3.8, 4) is 45.3 Å².